The highest BCUT2D eigenvalue weighted by Crippen LogP contribution is 2.71. The van der Waals surface area contributed by atoms with Crippen LogP contribution in [0.15, 0.2) is 134 Å². The second kappa shape index (κ2) is 12.0. The Kier molecular flexibility index (Phi) is 9.19. The highest BCUT2D eigenvalue weighted by atomic mass is 32.3. The molecule has 4 rings (SSSR count). The number of hydrogen-bond donors (Lipinski definition) is 0. The lowest BCUT2D eigenvalue weighted by Gasteiger charge is -2.41. The molecule has 44 heavy (non-hydrogen) atoms. The predicted octanol–water partition coefficient (Wildman–Crippen LogP) is 10.1. The number of hydrogen-bond acceptors (Lipinski definition) is 4. The van der Waals surface area contributed by atoms with Crippen molar-refractivity contribution in [3.8, 4) is 0 Å². The molecule has 0 atom stereocenters. The maximum Gasteiger partial charge on any atom is 0.460 e. The Morgan fingerprint density at radius 2 is 1.05 bits per heavy atom. The van der Waals surface area contributed by atoms with Gasteiger partial charge in [-0.15, -0.1) is 0 Å². The molecule has 236 valence electrons. The van der Waals surface area contributed by atoms with Crippen LogP contribution in [0.5, 0.6) is 0 Å². The first kappa shape index (κ1) is 33.7. The number of aryl methyl sites for hydroxylation is 1. The molecule has 0 aromatic heterocycles. The molecule has 0 amide bonds. The van der Waals surface area contributed by atoms with E-state index in [1.165, 1.54) is 90.6 Å². The van der Waals surface area contributed by atoms with Gasteiger partial charge in [-0.3, -0.25) is 0 Å². The van der Waals surface area contributed by atoms with Crippen LogP contribution in [0.25, 0.3) is 0 Å². The van der Waals surface area contributed by atoms with Gasteiger partial charge in [0.25, 0.3) is 0 Å². The fourth-order valence-electron chi connectivity index (χ4n) is 3.98. The van der Waals surface area contributed by atoms with Gasteiger partial charge in [0.05, 0.1) is 0 Å². The van der Waals surface area contributed by atoms with Crippen molar-refractivity contribution in [3.63, 3.8) is 0 Å². The van der Waals surface area contributed by atoms with Gasteiger partial charge in [0.15, 0.2) is 0 Å². The normalized spacial score (nSPS) is 14.0. The van der Waals surface area contributed by atoms with Crippen molar-refractivity contribution in [3.05, 3.63) is 115 Å². The summed E-state index contributed by atoms with van der Waals surface area (Å²) in [6.07, 6.45) is -7.22. The van der Waals surface area contributed by atoms with Crippen molar-refractivity contribution >= 4 is 32.2 Å². The van der Waals surface area contributed by atoms with Crippen molar-refractivity contribution in [2.75, 3.05) is 0 Å². The topological polar surface area (TPSA) is 43.4 Å². The van der Waals surface area contributed by atoms with E-state index in [0.717, 1.165) is 4.90 Å². The lowest BCUT2D eigenvalue weighted by molar-refractivity contribution is -0.382. The highest BCUT2D eigenvalue weighted by molar-refractivity contribution is 8.33. The molecule has 0 spiro atoms. The third kappa shape index (κ3) is 5.82. The van der Waals surface area contributed by atoms with Crippen LogP contribution in [0, 0.1) is 6.92 Å². The van der Waals surface area contributed by atoms with Gasteiger partial charge in [-0.25, -0.2) is 3.63 Å². The average Bonchev–Trinajstić information content (AvgIpc) is 2.97. The van der Waals surface area contributed by atoms with Crippen LogP contribution < -0.4 is 0 Å². The minimum Gasteiger partial charge on any atom is -0.202 e. The van der Waals surface area contributed by atoms with Crippen LogP contribution in [0.1, 0.15) is 5.56 Å². The molecule has 0 saturated heterocycles. The van der Waals surface area contributed by atoms with E-state index in [4.69, 9.17) is 3.63 Å². The summed E-state index contributed by atoms with van der Waals surface area (Å²) in [4.78, 5) is 0.979. The molecule has 0 aliphatic carbocycles. The summed E-state index contributed by atoms with van der Waals surface area (Å²) in [5, 5.41) is -7.04. The van der Waals surface area contributed by atoms with E-state index in [-0.39, 0.29) is 14.7 Å². The van der Waals surface area contributed by atoms with Crippen molar-refractivity contribution in [1.29, 1.82) is 0 Å². The van der Waals surface area contributed by atoms with Crippen molar-refractivity contribution in [1.82, 2.24) is 0 Å². The zero-order chi connectivity index (χ0) is 32.6. The van der Waals surface area contributed by atoms with E-state index in [9.17, 15) is 39.2 Å². The number of alkyl halides is 9. The van der Waals surface area contributed by atoms with Gasteiger partial charge in [0.2, 0.25) is 0 Å². The summed E-state index contributed by atoms with van der Waals surface area (Å²) in [5.41, 5.74) is 0.460. The Morgan fingerprint density at radius 1 is 0.591 bits per heavy atom. The molecule has 15 heteroatoms. The third-order valence-electron chi connectivity index (χ3n) is 6.22. The maximum atomic E-state index is 15.0. The molecule has 0 bridgehead atoms. The fraction of sp³-hybridized carbons (Fsp3) is 0.172. The second-order valence-corrected chi connectivity index (χ2v) is 14.8. The second-order valence-electron chi connectivity index (χ2n) is 9.21. The van der Waals surface area contributed by atoms with E-state index < -0.39 is 43.7 Å². The Labute approximate surface area is 252 Å². The highest BCUT2D eigenvalue weighted by Gasteiger charge is 2.86. The Hall–Kier alpha value is -3.14. The first-order chi connectivity index (χ1) is 20.4. The minimum absolute atomic E-state index is 0.143. The molecule has 0 radical (unpaired) electrons. The number of benzene rings is 4. The minimum atomic E-state index is -7.46. The fourth-order valence-corrected chi connectivity index (χ4v) is 10.2. The summed E-state index contributed by atoms with van der Waals surface area (Å²) in [6.45, 7) is 1.59. The molecular formula is C29H21F9O3S3. The summed E-state index contributed by atoms with van der Waals surface area (Å²) in [7, 11) is -11.3. The van der Waals surface area contributed by atoms with Crippen LogP contribution in [-0.2, 0) is 13.7 Å². The Bertz CT molecular complexity index is 1660. The van der Waals surface area contributed by atoms with Gasteiger partial charge in [-0.1, -0.05) is 66.4 Å². The van der Waals surface area contributed by atoms with E-state index in [1.54, 1.807) is 37.3 Å². The monoisotopic (exact) mass is 684 g/mol. The maximum absolute atomic E-state index is 15.0. The molecule has 4 aromatic carbocycles. The smallest absolute Gasteiger partial charge is 0.202 e. The lowest BCUT2D eigenvalue weighted by Crippen LogP contribution is -2.63. The Balaban J connectivity index is 1.97. The van der Waals surface area contributed by atoms with Gasteiger partial charge in [0, 0.05) is 24.5 Å². The molecule has 3 nitrogen and oxygen atoms in total. The number of halogens is 9. The van der Waals surface area contributed by atoms with E-state index in [0.29, 0.717) is 10.5 Å². The first-order valence-electron chi connectivity index (χ1n) is 12.3. The summed E-state index contributed by atoms with van der Waals surface area (Å²) >= 11 is 1.29. The van der Waals surface area contributed by atoms with Gasteiger partial charge < -0.3 is 0 Å². The summed E-state index contributed by atoms with van der Waals surface area (Å²) in [5.74, 6) is -14.9. The standard InChI is InChI=1S/C29H21F9O3S3/c1-20-19-24(17-18-25(20)42-21-11-5-2-6-12-21)43(22-13-7-3-8-14-22,23-15-9-4-10-16-23)41-44(39,40)29(37,38)27(32,33)26(30,31)28(34,35)36/h2-19H,1H3. The molecule has 0 saturated carbocycles. The summed E-state index contributed by atoms with van der Waals surface area (Å²) < 4.78 is 156. The van der Waals surface area contributed by atoms with Crippen LogP contribution in [0.4, 0.5) is 39.5 Å². The zero-order valence-electron chi connectivity index (χ0n) is 22.2. The SMILES string of the molecule is Cc1cc(S(OS(=O)(=O)C(F)(F)C(F)(F)C(F)(F)C(F)(F)F)(c2ccccc2)c2ccccc2)ccc1Sc1ccccc1. The molecule has 0 N–H and O–H groups in total. The quantitative estimate of drug-likeness (QED) is 0.156. The van der Waals surface area contributed by atoms with Crippen molar-refractivity contribution in [2.24, 2.45) is 0 Å². The van der Waals surface area contributed by atoms with Crippen molar-refractivity contribution < 1.29 is 51.6 Å². The van der Waals surface area contributed by atoms with Crippen LogP contribution in [0.2, 0.25) is 0 Å². The van der Waals surface area contributed by atoms with Crippen LogP contribution >= 0.6 is 22.1 Å². The molecule has 0 heterocycles. The predicted molar refractivity (Wildman–Crippen MR) is 148 cm³/mol. The summed E-state index contributed by atoms with van der Waals surface area (Å²) in [6, 6.07) is 26.4. The first-order valence-corrected chi connectivity index (χ1v) is 16.1. The van der Waals surface area contributed by atoms with Gasteiger partial charge in [0.1, 0.15) is 0 Å². The van der Waals surface area contributed by atoms with Crippen LogP contribution in [0.3, 0.4) is 0 Å². The van der Waals surface area contributed by atoms with E-state index >= 15 is 8.78 Å². The zero-order valence-corrected chi connectivity index (χ0v) is 24.7. The molecule has 0 fully saturated rings. The van der Waals surface area contributed by atoms with Gasteiger partial charge in [-0.05, 0) is 77.4 Å². The largest absolute Gasteiger partial charge is 0.460 e. The number of rotatable bonds is 10. The van der Waals surface area contributed by atoms with Gasteiger partial charge >= 0.3 is 33.4 Å². The van der Waals surface area contributed by atoms with Crippen molar-refractivity contribution in [2.45, 2.75) is 54.7 Å². The molecule has 4 aromatic rings. The van der Waals surface area contributed by atoms with Crippen LogP contribution in [-0.4, -0.2) is 31.7 Å². The Morgan fingerprint density at radius 3 is 1.48 bits per heavy atom. The van der Waals surface area contributed by atoms with E-state index in [2.05, 4.69) is 0 Å². The third-order valence-corrected chi connectivity index (χ3v) is 12.6. The lowest BCUT2D eigenvalue weighted by atomic mass is 10.1. The van der Waals surface area contributed by atoms with E-state index in [1.807, 2.05) is 0 Å². The molecule has 0 aliphatic rings. The molecular weight excluding hydrogens is 663 g/mol. The molecule has 0 unspecified atom stereocenters. The molecule has 0 aliphatic heterocycles. The average molecular weight is 685 g/mol. The van der Waals surface area contributed by atoms with Gasteiger partial charge in [-0.2, -0.15) is 47.9 Å².